The van der Waals surface area contributed by atoms with E-state index in [1.807, 2.05) is 19.2 Å². The molecule has 0 saturated heterocycles. The SMILES string of the molecule is C=CCCC(=O)NCc1cncc(-c2ccnn2C)c1. The number of amides is 1. The Hall–Kier alpha value is -2.43. The predicted octanol–water partition coefficient (Wildman–Crippen LogP) is 2.06. The Labute approximate surface area is 118 Å². The summed E-state index contributed by atoms with van der Waals surface area (Å²) in [5.41, 5.74) is 2.95. The van der Waals surface area contributed by atoms with Gasteiger partial charge in [0.2, 0.25) is 5.91 Å². The number of carbonyl (C=O) groups excluding carboxylic acids is 1. The Morgan fingerprint density at radius 1 is 1.50 bits per heavy atom. The van der Waals surface area contributed by atoms with Gasteiger partial charge in [-0.25, -0.2) is 0 Å². The number of hydrogen-bond donors (Lipinski definition) is 1. The maximum absolute atomic E-state index is 11.5. The van der Waals surface area contributed by atoms with Gasteiger partial charge in [-0.05, 0) is 24.1 Å². The van der Waals surface area contributed by atoms with Crippen molar-refractivity contribution in [2.75, 3.05) is 0 Å². The molecule has 2 aromatic heterocycles. The van der Waals surface area contributed by atoms with E-state index < -0.39 is 0 Å². The molecule has 1 amide bonds. The zero-order valence-electron chi connectivity index (χ0n) is 11.5. The van der Waals surface area contributed by atoms with Crippen molar-refractivity contribution in [1.29, 1.82) is 0 Å². The maximum Gasteiger partial charge on any atom is 0.220 e. The third kappa shape index (κ3) is 3.54. The van der Waals surface area contributed by atoms with Crippen molar-refractivity contribution in [3.05, 3.63) is 48.9 Å². The molecule has 0 aromatic carbocycles. The van der Waals surface area contributed by atoms with Crippen molar-refractivity contribution in [2.24, 2.45) is 7.05 Å². The van der Waals surface area contributed by atoms with Gasteiger partial charge in [0.25, 0.3) is 0 Å². The lowest BCUT2D eigenvalue weighted by Gasteiger charge is -2.07. The lowest BCUT2D eigenvalue weighted by Crippen LogP contribution is -2.22. The summed E-state index contributed by atoms with van der Waals surface area (Å²) in [6.07, 6.45) is 8.20. The molecule has 5 nitrogen and oxygen atoms in total. The second kappa shape index (κ2) is 6.65. The lowest BCUT2D eigenvalue weighted by atomic mass is 10.1. The Bertz CT molecular complexity index is 603. The normalized spacial score (nSPS) is 10.2. The molecule has 0 unspecified atom stereocenters. The van der Waals surface area contributed by atoms with E-state index in [4.69, 9.17) is 0 Å². The van der Waals surface area contributed by atoms with Gasteiger partial charge in [-0.2, -0.15) is 5.10 Å². The molecule has 0 aliphatic heterocycles. The fourth-order valence-corrected chi connectivity index (χ4v) is 1.90. The number of rotatable bonds is 6. The quantitative estimate of drug-likeness (QED) is 0.817. The van der Waals surface area contributed by atoms with Crippen molar-refractivity contribution in [1.82, 2.24) is 20.1 Å². The van der Waals surface area contributed by atoms with E-state index in [0.717, 1.165) is 16.8 Å². The summed E-state index contributed by atoms with van der Waals surface area (Å²) in [5, 5.41) is 7.01. The van der Waals surface area contributed by atoms with Crippen molar-refractivity contribution in [2.45, 2.75) is 19.4 Å². The topological polar surface area (TPSA) is 59.8 Å². The van der Waals surface area contributed by atoms with Crippen molar-refractivity contribution < 1.29 is 4.79 Å². The first-order valence-corrected chi connectivity index (χ1v) is 6.50. The van der Waals surface area contributed by atoms with Gasteiger partial charge in [-0.15, -0.1) is 6.58 Å². The smallest absolute Gasteiger partial charge is 0.220 e. The molecule has 0 bridgehead atoms. The maximum atomic E-state index is 11.5. The van der Waals surface area contributed by atoms with Crippen LogP contribution in [-0.2, 0) is 18.4 Å². The van der Waals surface area contributed by atoms with Crippen LogP contribution in [0.1, 0.15) is 18.4 Å². The minimum absolute atomic E-state index is 0.0239. The second-order valence-corrected chi connectivity index (χ2v) is 4.53. The minimum atomic E-state index is 0.0239. The number of allylic oxidation sites excluding steroid dienone is 1. The summed E-state index contributed by atoms with van der Waals surface area (Å²) in [7, 11) is 1.89. The zero-order chi connectivity index (χ0) is 14.4. The Morgan fingerprint density at radius 3 is 3.05 bits per heavy atom. The summed E-state index contributed by atoms with van der Waals surface area (Å²) < 4.78 is 1.80. The van der Waals surface area contributed by atoms with Crippen molar-refractivity contribution in [3.8, 4) is 11.3 Å². The Morgan fingerprint density at radius 2 is 2.35 bits per heavy atom. The fourth-order valence-electron chi connectivity index (χ4n) is 1.90. The molecule has 0 aliphatic rings. The Kier molecular flexibility index (Phi) is 4.65. The van der Waals surface area contributed by atoms with Crippen LogP contribution < -0.4 is 5.32 Å². The third-order valence-corrected chi connectivity index (χ3v) is 2.98. The first-order valence-electron chi connectivity index (χ1n) is 6.50. The summed E-state index contributed by atoms with van der Waals surface area (Å²) >= 11 is 0. The molecule has 2 aromatic rings. The van der Waals surface area contributed by atoms with Gasteiger partial charge in [0.05, 0.1) is 5.69 Å². The van der Waals surface area contributed by atoms with Gasteiger partial charge < -0.3 is 5.32 Å². The van der Waals surface area contributed by atoms with E-state index in [1.54, 1.807) is 29.3 Å². The third-order valence-electron chi connectivity index (χ3n) is 2.98. The van der Waals surface area contributed by atoms with Crippen LogP contribution in [0.15, 0.2) is 43.4 Å². The highest BCUT2D eigenvalue weighted by Gasteiger charge is 2.05. The van der Waals surface area contributed by atoms with Gasteiger partial charge in [-0.1, -0.05) is 6.08 Å². The number of aromatic nitrogens is 3. The average Bonchev–Trinajstić information content (AvgIpc) is 2.89. The monoisotopic (exact) mass is 270 g/mol. The van der Waals surface area contributed by atoms with E-state index in [1.165, 1.54) is 0 Å². The van der Waals surface area contributed by atoms with Gasteiger partial charge in [-0.3, -0.25) is 14.5 Å². The van der Waals surface area contributed by atoms with E-state index >= 15 is 0 Å². The average molecular weight is 270 g/mol. The molecule has 5 heteroatoms. The highest BCUT2D eigenvalue weighted by atomic mass is 16.1. The zero-order valence-corrected chi connectivity index (χ0v) is 11.5. The molecule has 104 valence electrons. The molecule has 0 saturated carbocycles. The largest absolute Gasteiger partial charge is 0.352 e. The number of carbonyl (C=O) groups is 1. The number of nitrogens with zero attached hydrogens (tertiary/aromatic N) is 3. The van der Waals surface area contributed by atoms with Crippen LogP contribution >= 0.6 is 0 Å². The lowest BCUT2D eigenvalue weighted by molar-refractivity contribution is -0.121. The first-order chi connectivity index (χ1) is 9.70. The number of hydrogen-bond acceptors (Lipinski definition) is 3. The van der Waals surface area contributed by atoms with Crippen molar-refractivity contribution in [3.63, 3.8) is 0 Å². The van der Waals surface area contributed by atoms with Gasteiger partial charge >= 0.3 is 0 Å². The number of pyridine rings is 1. The van der Waals surface area contributed by atoms with Crippen LogP contribution in [0.4, 0.5) is 0 Å². The van der Waals surface area contributed by atoms with Crippen LogP contribution in [0.25, 0.3) is 11.3 Å². The predicted molar refractivity (Wildman–Crippen MR) is 77.7 cm³/mol. The van der Waals surface area contributed by atoms with E-state index in [-0.39, 0.29) is 5.91 Å². The fraction of sp³-hybridized carbons (Fsp3) is 0.267. The van der Waals surface area contributed by atoms with Crippen LogP contribution in [0.3, 0.4) is 0 Å². The molecular weight excluding hydrogens is 252 g/mol. The molecule has 20 heavy (non-hydrogen) atoms. The van der Waals surface area contributed by atoms with Gasteiger partial charge in [0, 0.05) is 44.2 Å². The van der Waals surface area contributed by atoms with Crippen LogP contribution in [0.2, 0.25) is 0 Å². The standard InChI is InChI=1S/C15H18N4O/c1-3-4-5-15(20)17-10-12-8-13(11-16-9-12)14-6-7-18-19(14)2/h3,6-9,11H,1,4-5,10H2,2H3,(H,17,20). The van der Waals surface area contributed by atoms with Gasteiger partial charge in [0.1, 0.15) is 0 Å². The molecule has 0 fully saturated rings. The molecule has 1 N–H and O–H groups in total. The summed E-state index contributed by atoms with van der Waals surface area (Å²) in [4.78, 5) is 15.8. The molecule has 2 heterocycles. The summed E-state index contributed by atoms with van der Waals surface area (Å²) in [5.74, 6) is 0.0239. The summed E-state index contributed by atoms with van der Waals surface area (Å²) in [6.45, 7) is 4.08. The number of nitrogens with one attached hydrogen (secondary N) is 1. The molecule has 0 spiro atoms. The van der Waals surface area contributed by atoms with Crippen LogP contribution in [-0.4, -0.2) is 20.7 Å². The van der Waals surface area contributed by atoms with Crippen LogP contribution in [0.5, 0.6) is 0 Å². The highest BCUT2D eigenvalue weighted by molar-refractivity contribution is 5.76. The first kappa shape index (κ1) is 14.0. The molecule has 2 rings (SSSR count). The Balaban J connectivity index is 2.02. The number of aryl methyl sites for hydroxylation is 1. The van der Waals surface area contributed by atoms with E-state index in [9.17, 15) is 4.79 Å². The molecular formula is C15H18N4O. The second-order valence-electron chi connectivity index (χ2n) is 4.53. The molecule has 0 aliphatic carbocycles. The summed E-state index contributed by atoms with van der Waals surface area (Å²) in [6, 6.07) is 3.95. The van der Waals surface area contributed by atoms with E-state index in [0.29, 0.717) is 19.4 Å². The van der Waals surface area contributed by atoms with Crippen molar-refractivity contribution >= 4 is 5.91 Å². The molecule has 0 atom stereocenters. The molecule has 0 radical (unpaired) electrons. The van der Waals surface area contributed by atoms with Gasteiger partial charge in [0.15, 0.2) is 0 Å². The minimum Gasteiger partial charge on any atom is -0.352 e. The van der Waals surface area contributed by atoms with Crippen LogP contribution in [0, 0.1) is 0 Å². The highest BCUT2D eigenvalue weighted by Crippen LogP contribution is 2.17. The van der Waals surface area contributed by atoms with E-state index in [2.05, 4.69) is 22.0 Å².